The van der Waals surface area contributed by atoms with E-state index in [0.29, 0.717) is 55.5 Å². The van der Waals surface area contributed by atoms with Gasteiger partial charge in [-0.2, -0.15) is 0 Å². The molecule has 2 aromatic carbocycles. The Labute approximate surface area is 232 Å². The summed E-state index contributed by atoms with van der Waals surface area (Å²) in [6, 6.07) is 11.7. The Balaban J connectivity index is 1.71. The molecule has 2 saturated heterocycles. The van der Waals surface area contributed by atoms with Crippen LogP contribution in [-0.4, -0.2) is 79.7 Å². The zero-order chi connectivity index (χ0) is 27.1. The molecule has 1 N–H and O–H groups in total. The van der Waals surface area contributed by atoms with Gasteiger partial charge in [-0.1, -0.05) is 53.9 Å². The Morgan fingerprint density at radius 2 is 1.79 bits per heavy atom. The van der Waals surface area contributed by atoms with Crippen molar-refractivity contribution in [2.45, 2.75) is 32.2 Å². The third kappa shape index (κ3) is 6.39. The number of methoxy groups -OCH3 is 1. The molecule has 2 fully saturated rings. The molecule has 204 valence electrons. The van der Waals surface area contributed by atoms with Crippen molar-refractivity contribution in [2.24, 2.45) is 0 Å². The molecule has 2 heterocycles. The van der Waals surface area contributed by atoms with Gasteiger partial charge < -0.3 is 24.2 Å². The summed E-state index contributed by atoms with van der Waals surface area (Å²) in [5.74, 6) is -0.405. The normalized spacial score (nSPS) is 19.7. The van der Waals surface area contributed by atoms with Crippen molar-refractivity contribution in [3.63, 3.8) is 0 Å². The van der Waals surface area contributed by atoms with Crippen LogP contribution in [0.3, 0.4) is 0 Å². The fourth-order valence-corrected chi connectivity index (χ4v) is 5.07. The summed E-state index contributed by atoms with van der Waals surface area (Å²) >= 11 is 3.40. The second kappa shape index (κ2) is 13.3. The number of ketones is 1. The second-order valence-corrected chi connectivity index (χ2v) is 10.3. The maximum Gasteiger partial charge on any atom is 0.295 e. The van der Waals surface area contributed by atoms with Gasteiger partial charge in [-0.15, -0.1) is 0 Å². The number of aliphatic hydroxyl groups excluding tert-OH is 1. The Morgan fingerprint density at radius 1 is 1.05 bits per heavy atom. The minimum Gasteiger partial charge on any atom is -0.507 e. The number of carbonyl (C=O) groups is 2. The third-order valence-corrected chi connectivity index (χ3v) is 7.46. The minimum atomic E-state index is -0.761. The van der Waals surface area contributed by atoms with Crippen LogP contribution in [0.2, 0.25) is 0 Å². The van der Waals surface area contributed by atoms with E-state index in [2.05, 4.69) is 27.8 Å². The minimum absolute atomic E-state index is 0.0676. The summed E-state index contributed by atoms with van der Waals surface area (Å²) < 4.78 is 17.8. The number of amides is 1. The summed E-state index contributed by atoms with van der Waals surface area (Å²) in [6.07, 6.45) is 3.12. The first kappa shape index (κ1) is 28.1. The number of nitrogens with zero attached hydrogens (tertiary/aromatic N) is 2. The SMILES string of the molecule is CCCCCOc1ccc(C2C(=C(O)c3ccc(Br)cc3)C(=O)C(=O)N2CCN2CCOCC2)cc1OC. The lowest BCUT2D eigenvalue weighted by Gasteiger charge is -2.31. The fourth-order valence-electron chi connectivity index (χ4n) is 4.80. The topological polar surface area (TPSA) is 88.5 Å². The summed E-state index contributed by atoms with van der Waals surface area (Å²) in [7, 11) is 1.56. The number of morpholine rings is 1. The molecule has 0 aromatic heterocycles. The summed E-state index contributed by atoms with van der Waals surface area (Å²) in [5.41, 5.74) is 1.20. The van der Waals surface area contributed by atoms with Gasteiger partial charge in [0.1, 0.15) is 5.76 Å². The molecule has 9 heteroatoms. The number of carbonyl (C=O) groups excluding carboxylic acids is 2. The van der Waals surface area contributed by atoms with Crippen molar-refractivity contribution in [1.82, 2.24) is 9.80 Å². The zero-order valence-corrected chi connectivity index (χ0v) is 23.5. The van der Waals surface area contributed by atoms with Crippen molar-refractivity contribution in [3.05, 3.63) is 63.6 Å². The van der Waals surface area contributed by atoms with Crippen molar-refractivity contribution < 1.29 is 28.9 Å². The van der Waals surface area contributed by atoms with Crippen LogP contribution < -0.4 is 9.47 Å². The Hall–Kier alpha value is -2.88. The number of Topliss-reactive ketones (excluding diaryl/α,β-unsaturated/α-hetero) is 1. The van der Waals surface area contributed by atoms with Crippen molar-refractivity contribution in [1.29, 1.82) is 0 Å². The Morgan fingerprint density at radius 3 is 2.47 bits per heavy atom. The van der Waals surface area contributed by atoms with Gasteiger partial charge in [-0.05, 0) is 36.2 Å². The van der Waals surface area contributed by atoms with E-state index in [1.807, 2.05) is 12.1 Å². The molecular weight excluding hydrogens is 552 g/mol. The van der Waals surface area contributed by atoms with Crippen LogP contribution in [0.25, 0.3) is 5.76 Å². The van der Waals surface area contributed by atoms with Gasteiger partial charge in [-0.25, -0.2) is 0 Å². The van der Waals surface area contributed by atoms with E-state index < -0.39 is 17.7 Å². The predicted molar refractivity (Wildman–Crippen MR) is 148 cm³/mol. The van der Waals surface area contributed by atoms with Gasteiger partial charge in [0, 0.05) is 36.2 Å². The summed E-state index contributed by atoms with van der Waals surface area (Å²) in [5, 5.41) is 11.3. The fraction of sp³-hybridized carbons (Fsp3) is 0.448. The molecule has 0 aliphatic carbocycles. The van der Waals surface area contributed by atoms with Crippen molar-refractivity contribution in [3.8, 4) is 11.5 Å². The first-order valence-electron chi connectivity index (χ1n) is 13.1. The first-order chi connectivity index (χ1) is 18.4. The number of hydrogen-bond donors (Lipinski definition) is 1. The van der Waals surface area contributed by atoms with Gasteiger partial charge in [0.15, 0.2) is 11.5 Å². The molecule has 4 rings (SSSR count). The van der Waals surface area contributed by atoms with Gasteiger partial charge in [0.05, 0.1) is 38.5 Å². The number of likely N-dealkylation sites (tertiary alicyclic amines) is 1. The van der Waals surface area contributed by atoms with E-state index in [-0.39, 0.29) is 11.3 Å². The molecule has 1 amide bonds. The van der Waals surface area contributed by atoms with Crippen LogP contribution in [0.15, 0.2) is 52.5 Å². The van der Waals surface area contributed by atoms with Crippen LogP contribution in [0.5, 0.6) is 11.5 Å². The standard InChI is InChI=1S/C29H35BrN2O6/c1-3-4-5-16-38-23-11-8-21(19-24(23)36-2)26-25(27(33)20-6-9-22(30)10-7-20)28(34)29(35)32(26)13-12-31-14-17-37-18-15-31/h6-11,19,26,33H,3-5,12-18H2,1-2H3. The Kier molecular flexibility index (Phi) is 9.82. The van der Waals surface area contributed by atoms with E-state index in [1.165, 1.54) is 0 Å². The maximum atomic E-state index is 13.3. The average Bonchev–Trinajstić information content (AvgIpc) is 3.19. The van der Waals surface area contributed by atoms with Crippen LogP contribution in [0, 0.1) is 0 Å². The van der Waals surface area contributed by atoms with Gasteiger partial charge in [0.25, 0.3) is 11.7 Å². The van der Waals surface area contributed by atoms with Crippen LogP contribution in [0.1, 0.15) is 43.4 Å². The monoisotopic (exact) mass is 586 g/mol. The lowest BCUT2D eigenvalue weighted by Crippen LogP contribution is -2.42. The number of halogens is 1. The van der Waals surface area contributed by atoms with Gasteiger partial charge in [0.2, 0.25) is 0 Å². The van der Waals surface area contributed by atoms with Crippen LogP contribution in [0.4, 0.5) is 0 Å². The molecule has 1 unspecified atom stereocenters. The highest BCUT2D eigenvalue weighted by Crippen LogP contribution is 2.42. The Bertz CT molecular complexity index is 1160. The lowest BCUT2D eigenvalue weighted by molar-refractivity contribution is -0.140. The lowest BCUT2D eigenvalue weighted by atomic mass is 9.95. The van der Waals surface area contributed by atoms with Gasteiger partial charge >= 0.3 is 0 Å². The summed E-state index contributed by atoms with van der Waals surface area (Å²) in [6.45, 7) is 6.47. The van der Waals surface area contributed by atoms with E-state index in [1.54, 1.807) is 42.3 Å². The molecule has 0 saturated carbocycles. The van der Waals surface area contributed by atoms with Crippen molar-refractivity contribution >= 4 is 33.4 Å². The number of unbranched alkanes of at least 4 members (excludes halogenated alkanes) is 2. The number of rotatable bonds is 11. The molecule has 2 aromatic rings. The number of hydrogen-bond acceptors (Lipinski definition) is 7. The molecule has 38 heavy (non-hydrogen) atoms. The van der Waals surface area contributed by atoms with Crippen molar-refractivity contribution in [2.75, 3.05) is 53.1 Å². The molecule has 1 atom stereocenters. The summed E-state index contributed by atoms with van der Waals surface area (Å²) in [4.78, 5) is 30.4. The predicted octanol–water partition coefficient (Wildman–Crippen LogP) is 4.78. The highest BCUT2D eigenvalue weighted by atomic mass is 79.9. The van der Waals surface area contributed by atoms with Gasteiger partial charge in [-0.3, -0.25) is 14.5 Å². The number of benzene rings is 2. The smallest absolute Gasteiger partial charge is 0.295 e. The van der Waals surface area contributed by atoms with Crippen LogP contribution in [-0.2, 0) is 14.3 Å². The third-order valence-electron chi connectivity index (χ3n) is 6.93. The second-order valence-electron chi connectivity index (χ2n) is 9.42. The first-order valence-corrected chi connectivity index (χ1v) is 13.9. The number of ether oxygens (including phenoxy) is 3. The molecule has 0 radical (unpaired) electrons. The highest BCUT2D eigenvalue weighted by Gasteiger charge is 2.46. The average molecular weight is 588 g/mol. The van der Waals surface area contributed by atoms with E-state index in [9.17, 15) is 14.7 Å². The highest BCUT2D eigenvalue weighted by molar-refractivity contribution is 9.10. The largest absolute Gasteiger partial charge is 0.507 e. The maximum absolute atomic E-state index is 13.3. The quantitative estimate of drug-likeness (QED) is 0.175. The number of aliphatic hydroxyl groups is 1. The molecule has 0 spiro atoms. The molecular formula is C29H35BrN2O6. The molecule has 8 nitrogen and oxygen atoms in total. The molecule has 2 aliphatic heterocycles. The molecule has 0 bridgehead atoms. The van der Waals surface area contributed by atoms with E-state index >= 15 is 0 Å². The van der Waals surface area contributed by atoms with E-state index in [4.69, 9.17) is 14.2 Å². The van der Waals surface area contributed by atoms with Crippen LogP contribution >= 0.6 is 15.9 Å². The zero-order valence-electron chi connectivity index (χ0n) is 22.0. The van der Waals surface area contributed by atoms with E-state index in [0.717, 1.165) is 36.8 Å². The molecule has 2 aliphatic rings.